The summed E-state index contributed by atoms with van der Waals surface area (Å²) in [5.74, 6) is 0. The van der Waals surface area contributed by atoms with E-state index in [1.165, 1.54) is 0 Å². The van der Waals surface area contributed by atoms with Crippen LogP contribution < -0.4 is 0 Å². The first-order valence-corrected chi connectivity index (χ1v) is 8.73. The van der Waals surface area contributed by atoms with Crippen LogP contribution in [0.25, 0.3) is 0 Å². The van der Waals surface area contributed by atoms with Crippen molar-refractivity contribution >= 4 is 23.8 Å². The molecule has 0 aliphatic heterocycles. The summed E-state index contributed by atoms with van der Waals surface area (Å²) >= 11 is 11.2. The molecule has 0 radical (unpaired) electrons. The fourth-order valence-electron chi connectivity index (χ4n) is 2.90. The predicted octanol–water partition coefficient (Wildman–Crippen LogP) is 4.69. The van der Waals surface area contributed by atoms with Gasteiger partial charge in [0, 0.05) is 5.02 Å². The van der Waals surface area contributed by atoms with E-state index in [2.05, 4.69) is 16.2 Å². The van der Waals surface area contributed by atoms with Gasteiger partial charge in [-0.1, -0.05) is 54.1 Å². The summed E-state index contributed by atoms with van der Waals surface area (Å²) in [5, 5.41) is 13.8. The van der Waals surface area contributed by atoms with Crippen LogP contribution in [-0.4, -0.2) is 14.8 Å². The number of H-pyrrole nitrogens is 1. The van der Waals surface area contributed by atoms with E-state index in [0.717, 1.165) is 17.5 Å². The van der Waals surface area contributed by atoms with E-state index >= 15 is 0 Å². The Bertz CT molecular complexity index is 924. The number of halogens is 1. The second-order valence-electron chi connectivity index (χ2n) is 5.94. The van der Waals surface area contributed by atoms with Crippen molar-refractivity contribution in [2.24, 2.45) is 0 Å². The fourth-order valence-corrected chi connectivity index (χ4v) is 3.19. The molecular formula is C19H17ClN4S. The van der Waals surface area contributed by atoms with Crippen LogP contribution in [0.3, 0.4) is 0 Å². The fraction of sp³-hybridized carbons (Fsp3) is 0.211. The molecule has 0 fully saturated rings. The molecule has 3 aromatic rings. The molecule has 25 heavy (non-hydrogen) atoms. The minimum atomic E-state index is -0.703. The van der Waals surface area contributed by atoms with Gasteiger partial charge in [-0.05, 0) is 48.3 Å². The van der Waals surface area contributed by atoms with Gasteiger partial charge in [-0.2, -0.15) is 5.26 Å². The van der Waals surface area contributed by atoms with Crippen LogP contribution in [0, 0.1) is 16.1 Å². The molecule has 4 nitrogen and oxygen atoms in total. The van der Waals surface area contributed by atoms with Crippen LogP contribution >= 0.6 is 23.8 Å². The van der Waals surface area contributed by atoms with Crippen LogP contribution in [-0.2, 0) is 18.4 Å². The highest BCUT2D eigenvalue weighted by atomic mass is 35.5. The predicted molar refractivity (Wildman–Crippen MR) is 101 cm³/mol. The number of hydrogen-bond donors (Lipinski definition) is 1. The van der Waals surface area contributed by atoms with E-state index in [1.54, 1.807) is 11.0 Å². The highest BCUT2D eigenvalue weighted by Gasteiger charge is 2.33. The van der Waals surface area contributed by atoms with E-state index in [4.69, 9.17) is 23.8 Å². The van der Waals surface area contributed by atoms with Gasteiger partial charge >= 0.3 is 0 Å². The van der Waals surface area contributed by atoms with Crippen molar-refractivity contribution in [3.05, 3.63) is 81.8 Å². The van der Waals surface area contributed by atoms with Crippen LogP contribution in [0.2, 0.25) is 5.02 Å². The quantitative estimate of drug-likeness (QED) is 0.642. The van der Waals surface area contributed by atoms with Gasteiger partial charge in [-0.25, -0.2) is 4.98 Å². The average Bonchev–Trinajstić information content (AvgIpc) is 3.05. The maximum absolute atomic E-state index is 10.1. The van der Waals surface area contributed by atoms with Gasteiger partial charge in [0.25, 0.3) is 0 Å². The summed E-state index contributed by atoms with van der Waals surface area (Å²) in [6.07, 6.45) is 2.98. The molecule has 0 aliphatic carbocycles. The smallest absolute Gasteiger partial charge is 0.215 e. The first kappa shape index (κ1) is 17.4. The van der Waals surface area contributed by atoms with Crippen molar-refractivity contribution in [1.29, 1.82) is 5.26 Å². The number of nitrogens with zero attached hydrogens (tertiary/aromatic N) is 3. The molecule has 0 bridgehead atoms. The molecule has 6 heteroatoms. The second kappa shape index (κ2) is 7.64. The Labute approximate surface area is 156 Å². The molecule has 2 aromatic carbocycles. The summed E-state index contributed by atoms with van der Waals surface area (Å²) < 4.78 is 2.19. The molecule has 1 N–H and O–H groups in total. The van der Waals surface area contributed by atoms with Crippen LogP contribution in [0.1, 0.15) is 17.5 Å². The highest BCUT2D eigenvalue weighted by molar-refractivity contribution is 7.71. The van der Waals surface area contributed by atoms with Gasteiger partial charge in [0.05, 0.1) is 12.6 Å². The van der Waals surface area contributed by atoms with Gasteiger partial charge in [0.1, 0.15) is 11.7 Å². The molecule has 0 amide bonds. The third-order valence-corrected chi connectivity index (χ3v) is 4.92. The molecular weight excluding hydrogens is 352 g/mol. The van der Waals surface area contributed by atoms with Crippen LogP contribution in [0.5, 0.6) is 0 Å². The molecule has 0 saturated carbocycles. The normalized spacial score (nSPS) is 13.1. The zero-order valence-electron chi connectivity index (χ0n) is 13.5. The summed E-state index contributed by atoms with van der Waals surface area (Å²) in [7, 11) is 0. The zero-order chi connectivity index (χ0) is 17.7. The molecule has 3 rings (SSSR count). The number of benzene rings is 2. The Morgan fingerprint density at radius 3 is 2.48 bits per heavy atom. The lowest BCUT2D eigenvalue weighted by molar-refractivity contribution is 0.399. The van der Waals surface area contributed by atoms with E-state index in [0.29, 0.717) is 22.8 Å². The van der Waals surface area contributed by atoms with Crippen LogP contribution in [0.4, 0.5) is 0 Å². The van der Waals surface area contributed by atoms with Crippen molar-refractivity contribution in [3.63, 3.8) is 0 Å². The molecule has 0 aliphatic rings. The third-order valence-electron chi connectivity index (χ3n) is 4.34. The van der Waals surface area contributed by atoms with E-state index in [9.17, 15) is 5.26 Å². The van der Waals surface area contributed by atoms with E-state index < -0.39 is 5.41 Å². The first-order valence-electron chi connectivity index (χ1n) is 7.94. The first-order chi connectivity index (χ1) is 12.1. The SMILES string of the molecule is N#CC(CCc1ccc(Cl)cc1)(Cn1[nH]cnc1=S)c1ccccc1. The topological polar surface area (TPSA) is 57.4 Å². The van der Waals surface area contributed by atoms with Gasteiger partial charge in [-0.3, -0.25) is 9.78 Å². The minimum Gasteiger partial charge on any atom is -0.286 e. The number of nitriles is 1. The lowest BCUT2D eigenvalue weighted by Gasteiger charge is -2.27. The summed E-state index contributed by atoms with van der Waals surface area (Å²) in [6.45, 7) is 0.430. The average molecular weight is 369 g/mol. The standard InChI is InChI=1S/C19H17ClN4S/c20-17-8-6-15(7-9-17)10-11-19(12-21,16-4-2-1-3-5-16)13-24-18(25)22-14-23-24/h1-9,14H,10-11,13H2,(H,22,23,25). The molecule has 1 unspecified atom stereocenters. The number of aromatic nitrogens is 3. The summed E-state index contributed by atoms with van der Waals surface area (Å²) in [6, 6.07) is 20.1. The highest BCUT2D eigenvalue weighted by Crippen LogP contribution is 2.31. The number of aromatic amines is 1. The maximum Gasteiger partial charge on any atom is 0.215 e. The van der Waals surface area contributed by atoms with Crippen molar-refractivity contribution in [2.45, 2.75) is 24.8 Å². The molecule has 0 spiro atoms. The Kier molecular flexibility index (Phi) is 5.32. The Hall–Kier alpha value is -2.42. The van der Waals surface area contributed by atoms with Crippen molar-refractivity contribution in [3.8, 4) is 6.07 Å². The largest absolute Gasteiger partial charge is 0.286 e. The monoisotopic (exact) mass is 368 g/mol. The molecule has 1 atom stereocenters. The number of rotatable bonds is 6. The van der Waals surface area contributed by atoms with Gasteiger partial charge in [0.2, 0.25) is 4.77 Å². The summed E-state index contributed by atoms with van der Waals surface area (Å²) in [4.78, 5) is 4.05. The third kappa shape index (κ3) is 3.98. The number of nitrogens with one attached hydrogen (secondary N) is 1. The Balaban J connectivity index is 1.93. The zero-order valence-corrected chi connectivity index (χ0v) is 15.1. The second-order valence-corrected chi connectivity index (χ2v) is 6.74. The molecule has 0 saturated heterocycles. The van der Waals surface area contributed by atoms with E-state index in [1.807, 2.05) is 54.6 Å². The Morgan fingerprint density at radius 2 is 1.88 bits per heavy atom. The van der Waals surface area contributed by atoms with Crippen LogP contribution in [0.15, 0.2) is 60.9 Å². The van der Waals surface area contributed by atoms with Crippen molar-refractivity contribution in [2.75, 3.05) is 0 Å². The number of hydrogen-bond acceptors (Lipinski definition) is 3. The minimum absolute atomic E-state index is 0.430. The lowest BCUT2D eigenvalue weighted by atomic mass is 9.77. The lowest BCUT2D eigenvalue weighted by Crippen LogP contribution is -2.31. The molecule has 126 valence electrons. The Morgan fingerprint density at radius 1 is 1.16 bits per heavy atom. The van der Waals surface area contributed by atoms with Gasteiger partial charge in [-0.15, -0.1) is 0 Å². The van der Waals surface area contributed by atoms with Crippen molar-refractivity contribution in [1.82, 2.24) is 14.8 Å². The van der Waals surface area contributed by atoms with Gasteiger partial charge in [0.15, 0.2) is 0 Å². The van der Waals surface area contributed by atoms with Gasteiger partial charge < -0.3 is 0 Å². The maximum atomic E-state index is 10.1. The number of aryl methyl sites for hydroxylation is 1. The van der Waals surface area contributed by atoms with Crippen molar-refractivity contribution < 1.29 is 0 Å². The van der Waals surface area contributed by atoms with E-state index in [-0.39, 0.29) is 0 Å². The molecule has 1 heterocycles. The molecule has 1 aromatic heterocycles. The summed E-state index contributed by atoms with van der Waals surface area (Å²) in [5.41, 5.74) is 1.42.